The lowest BCUT2D eigenvalue weighted by atomic mass is 10.2. The van der Waals surface area contributed by atoms with Crippen molar-refractivity contribution in [3.63, 3.8) is 0 Å². The number of thiazole rings is 1. The molecule has 24 heavy (non-hydrogen) atoms. The second-order valence-electron chi connectivity index (χ2n) is 5.47. The summed E-state index contributed by atoms with van der Waals surface area (Å²) in [7, 11) is 0. The predicted molar refractivity (Wildman–Crippen MR) is 88.9 cm³/mol. The summed E-state index contributed by atoms with van der Waals surface area (Å²) in [6, 6.07) is 5.16. The zero-order chi connectivity index (χ0) is 16.4. The number of rotatable bonds is 4. The van der Waals surface area contributed by atoms with Crippen LogP contribution in [0.25, 0.3) is 0 Å². The van der Waals surface area contributed by atoms with Gasteiger partial charge >= 0.3 is 0 Å². The predicted octanol–water partition coefficient (Wildman–Crippen LogP) is 1.64. The number of ether oxygens (including phenoxy) is 3. The van der Waals surface area contributed by atoms with Crippen molar-refractivity contribution < 1.29 is 19.0 Å². The quantitative estimate of drug-likeness (QED) is 0.906. The number of hydrogen-bond acceptors (Lipinski definition) is 7. The average molecular weight is 347 g/mol. The molecule has 4 rings (SSSR count). The lowest BCUT2D eigenvalue weighted by Crippen LogP contribution is -2.36. The van der Waals surface area contributed by atoms with Crippen LogP contribution in [0.5, 0.6) is 11.5 Å². The molecule has 1 saturated heterocycles. The Bertz CT molecular complexity index is 743. The van der Waals surface area contributed by atoms with Gasteiger partial charge in [0, 0.05) is 24.0 Å². The zero-order valence-corrected chi connectivity index (χ0v) is 13.8. The summed E-state index contributed by atoms with van der Waals surface area (Å²) in [5.74, 6) is 1.11. The van der Waals surface area contributed by atoms with Crippen LogP contribution >= 0.6 is 11.3 Å². The van der Waals surface area contributed by atoms with Gasteiger partial charge in [-0.15, -0.1) is 11.3 Å². The van der Waals surface area contributed by atoms with Gasteiger partial charge in [-0.3, -0.25) is 4.79 Å². The molecule has 0 spiro atoms. The molecule has 126 valence electrons. The minimum Gasteiger partial charge on any atom is -0.454 e. The van der Waals surface area contributed by atoms with E-state index in [9.17, 15) is 4.79 Å². The third kappa shape index (κ3) is 3.15. The number of anilines is 1. The number of nitrogens with zero attached hydrogens (tertiary/aromatic N) is 2. The molecule has 0 unspecified atom stereocenters. The van der Waals surface area contributed by atoms with E-state index in [0.717, 1.165) is 37.1 Å². The number of hydrogen-bond donors (Lipinski definition) is 1. The van der Waals surface area contributed by atoms with Crippen LogP contribution in [0, 0.1) is 0 Å². The van der Waals surface area contributed by atoms with Crippen LogP contribution in [-0.2, 0) is 11.3 Å². The van der Waals surface area contributed by atoms with Crippen molar-refractivity contribution in [1.29, 1.82) is 0 Å². The number of morpholine rings is 1. The van der Waals surface area contributed by atoms with Crippen LogP contribution in [0.4, 0.5) is 5.13 Å². The van der Waals surface area contributed by atoms with Crippen LogP contribution in [0.15, 0.2) is 23.6 Å². The third-order valence-electron chi connectivity index (χ3n) is 3.89. The highest BCUT2D eigenvalue weighted by molar-refractivity contribution is 7.13. The van der Waals surface area contributed by atoms with Crippen molar-refractivity contribution in [2.24, 2.45) is 0 Å². The Morgan fingerprint density at radius 3 is 2.96 bits per heavy atom. The van der Waals surface area contributed by atoms with Gasteiger partial charge in [-0.1, -0.05) is 0 Å². The molecular formula is C16H17N3O4S. The molecule has 0 saturated carbocycles. The molecule has 1 amide bonds. The summed E-state index contributed by atoms with van der Waals surface area (Å²) in [4.78, 5) is 19.1. The number of benzene rings is 1. The van der Waals surface area contributed by atoms with E-state index in [4.69, 9.17) is 14.2 Å². The molecule has 1 aromatic heterocycles. The first kappa shape index (κ1) is 15.2. The van der Waals surface area contributed by atoms with Crippen molar-refractivity contribution in [2.45, 2.75) is 6.54 Å². The first-order chi connectivity index (χ1) is 11.8. The highest BCUT2D eigenvalue weighted by Crippen LogP contribution is 2.32. The van der Waals surface area contributed by atoms with E-state index in [1.165, 1.54) is 0 Å². The van der Waals surface area contributed by atoms with E-state index in [-0.39, 0.29) is 12.7 Å². The van der Waals surface area contributed by atoms with Crippen molar-refractivity contribution in [2.75, 3.05) is 38.0 Å². The molecule has 1 aromatic carbocycles. The molecule has 3 heterocycles. The third-order valence-corrected chi connectivity index (χ3v) is 4.84. The number of aromatic nitrogens is 1. The summed E-state index contributed by atoms with van der Waals surface area (Å²) in [6.07, 6.45) is 0. The van der Waals surface area contributed by atoms with E-state index >= 15 is 0 Å². The monoisotopic (exact) mass is 347 g/mol. The Morgan fingerprint density at radius 1 is 1.25 bits per heavy atom. The number of fused-ring (bicyclic) bond motifs is 1. The van der Waals surface area contributed by atoms with Gasteiger partial charge in [-0.2, -0.15) is 0 Å². The standard InChI is InChI=1S/C16H17N3O4S/c20-15(11-1-2-13-14(7-11)23-10-22-13)17-8-12-9-24-16(18-12)19-3-5-21-6-4-19/h1-2,7,9H,3-6,8,10H2,(H,17,20). The maximum atomic E-state index is 12.3. The Balaban J connectivity index is 1.36. The lowest BCUT2D eigenvalue weighted by Gasteiger charge is -2.26. The molecule has 2 aliphatic rings. The van der Waals surface area contributed by atoms with E-state index < -0.39 is 0 Å². The van der Waals surface area contributed by atoms with Gasteiger partial charge < -0.3 is 24.4 Å². The first-order valence-corrected chi connectivity index (χ1v) is 8.62. The fourth-order valence-corrected chi connectivity index (χ4v) is 3.47. The van der Waals surface area contributed by atoms with Crippen molar-refractivity contribution in [1.82, 2.24) is 10.3 Å². The molecule has 1 N–H and O–H groups in total. The summed E-state index contributed by atoms with van der Waals surface area (Å²) in [6.45, 7) is 3.77. The Labute approximate surface area is 143 Å². The van der Waals surface area contributed by atoms with Crippen LogP contribution in [0.3, 0.4) is 0 Å². The maximum absolute atomic E-state index is 12.3. The highest BCUT2D eigenvalue weighted by atomic mass is 32.1. The molecule has 2 aliphatic heterocycles. The van der Waals surface area contributed by atoms with Gasteiger partial charge in [0.05, 0.1) is 25.5 Å². The first-order valence-electron chi connectivity index (χ1n) is 7.74. The lowest BCUT2D eigenvalue weighted by molar-refractivity contribution is 0.0950. The molecule has 8 heteroatoms. The van der Waals surface area contributed by atoms with Gasteiger partial charge in [0.1, 0.15) is 0 Å². The van der Waals surface area contributed by atoms with Gasteiger partial charge in [0.2, 0.25) is 6.79 Å². The van der Waals surface area contributed by atoms with Crippen molar-refractivity contribution in [3.05, 3.63) is 34.8 Å². The van der Waals surface area contributed by atoms with Crippen LogP contribution in [-0.4, -0.2) is 44.0 Å². The molecule has 7 nitrogen and oxygen atoms in total. The van der Waals surface area contributed by atoms with E-state index in [2.05, 4.69) is 15.2 Å². The summed E-state index contributed by atoms with van der Waals surface area (Å²) >= 11 is 1.59. The molecule has 0 atom stereocenters. The number of carbonyl (C=O) groups excluding carboxylic acids is 1. The summed E-state index contributed by atoms with van der Waals surface area (Å²) in [5, 5.41) is 5.84. The minimum absolute atomic E-state index is 0.158. The molecule has 0 bridgehead atoms. The second kappa shape index (κ2) is 6.66. The van der Waals surface area contributed by atoms with Gasteiger partial charge in [0.15, 0.2) is 16.6 Å². The van der Waals surface area contributed by atoms with Crippen LogP contribution in [0.2, 0.25) is 0 Å². The largest absolute Gasteiger partial charge is 0.454 e. The van der Waals surface area contributed by atoms with E-state index in [1.807, 2.05) is 5.38 Å². The Morgan fingerprint density at radius 2 is 2.08 bits per heavy atom. The Hall–Kier alpha value is -2.32. The molecule has 2 aromatic rings. The highest BCUT2D eigenvalue weighted by Gasteiger charge is 2.17. The fraction of sp³-hybridized carbons (Fsp3) is 0.375. The van der Waals surface area contributed by atoms with Gasteiger partial charge in [-0.25, -0.2) is 4.98 Å². The molecule has 1 fully saturated rings. The van der Waals surface area contributed by atoms with Gasteiger partial charge in [0.25, 0.3) is 5.91 Å². The normalized spacial score (nSPS) is 16.2. The number of amides is 1. The number of carbonyl (C=O) groups is 1. The van der Waals surface area contributed by atoms with E-state index in [0.29, 0.717) is 23.6 Å². The van der Waals surface area contributed by atoms with Gasteiger partial charge in [-0.05, 0) is 18.2 Å². The average Bonchev–Trinajstić information content (AvgIpc) is 3.29. The van der Waals surface area contributed by atoms with Crippen LogP contribution in [0.1, 0.15) is 16.1 Å². The molecular weight excluding hydrogens is 330 g/mol. The van der Waals surface area contributed by atoms with E-state index in [1.54, 1.807) is 29.5 Å². The maximum Gasteiger partial charge on any atom is 0.251 e. The topological polar surface area (TPSA) is 72.9 Å². The SMILES string of the molecule is O=C(NCc1csc(N2CCOCC2)n1)c1ccc2c(c1)OCO2. The smallest absolute Gasteiger partial charge is 0.251 e. The number of nitrogens with one attached hydrogen (secondary N) is 1. The summed E-state index contributed by atoms with van der Waals surface area (Å²) in [5.41, 5.74) is 1.40. The molecule has 0 aliphatic carbocycles. The van der Waals surface area contributed by atoms with Crippen molar-refractivity contribution in [3.8, 4) is 11.5 Å². The zero-order valence-electron chi connectivity index (χ0n) is 13.0. The molecule has 0 radical (unpaired) electrons. The Kier molecular flexibility index (Phi) is 4.22. The summed E-state index contributed by atoms with van der Waals surface area (Å²) < 4.78 is 15.9. The van der Waals surface area contributed by atoms with Crippen LogP contribution < -0.4 is 19.7 Å². The van der Waals surface area contributed by atoms with Crippen molar-refractivity contribution >= 4 is 22.4 Å². The second-order valence-corrected chi connectivity index (χ2v) is 6.31. The minimum atomic E-state index is -0.158. The fourth-order valence-electron chi connectivity index (χ4n) is 2.59.